The van der Waals surface area contributed by atoms with Gasteiger partial charge in [0, 0.05) is 25.2 Å². The number of nitrogens with zero attached hydrogens (tertiary/aromatic N) is 2. The molecule has 7 nitrogen and oxygen atoms in total. The van der Waals surface area contributed by atoms with Crippen LogP contribution >= 0.6 is 12.2 Å². The number of hydrogen-bond donors (Lipinski definition) is 4. The van der Waals surface area contributed by atoms with Gasteiger partial charge in [-0.05, 0) is 47.5 Å². The number of H-pyrrole nitrogens is 1. The number of phenols is 2. The van der Waals surface area contributed by atoms with Gasteiger partial charge < -0.3 is 15.5 Å². The van der Waals surface area contributed by atoms with Crippen molar-refractivity contribution in [2.24, 2.45) is 0 Å². The zero-order valence-electron chi connectivity index (χ0n) is 15.9. The Balaban J connectivity index is 2.05. The van der Waals surface area contributed by atoms with E-state index in [9.17, 15) is 15.0 Å². The molecule has 1 heterocycles. The molecule has 0 aliphatic rings. The molecule has 0 atom stereocenters. The smallest absolute Gasteiger partial charge is 0.217 e. The van der Waals surface area contributed by atoms with Gasteiger partial charge in [-0.15, -0.1) is 0 Å². The fourth-order valence-electron chi connectivity index (χ4n) is 2.94. The normalized spacial score (nSPS) is 11.0. The first-order valence-corrected chi connectivity index (χ1v) is 9.26. The lowest BCUT2D eigenvalue weighted by molar-refractivity contribution is -0.119. The first kappa shape index (κ1) is 19.6. The summed E-state index contributed by atoms with van der Waals surface area (Å²) in [5.41, 5.74) is 2.89. The molecule has 2 aromatic carbocycles. The molecular formula is C20H22N4O3S. The molecule has 0 bridgehead atoms. The number of amides is 1. The summed E-state index contributed by atoms with van der Waals surface area (Å²) in [4.78, 5) is 11.1. The van der Waals surface area contributed by atoms with Gasteiger partial charge in [0.25, 0.3) is 0 Å². The number of phenolic OH excluding ortho intramolecular Hbond substituents is 2. The average Bonchev–Trinajstić information content (AvgIpc) is 3.01. The van der Waals surface area contributed by atoms with E-state index in [4.69, 9.17) is 12.2 Å². The Labute approximate surface area is 167 Å². The Morgan fingerprint density at radius 2 is 1.89 bits per heavy atom. The molecule has 0 unspecified atom stereocenters. The number of aromatic amines is 1. The van der Waals surface area contributed by atoms with Crippen molar-refractivity contribution in [1.29, 1.82) is 0 Å². The maximum atomic E-state index is 11.1. The molecule has 0 aliphatic carbocycles. The predicted molar refractivity (Wildman–Crippen MR) is 109 cm³/mol. The third-order valence-corrected chi connectivity index (χ3v) is 4.69. The first-order chi connectivity index (χ1) is 13.3. The Morgan fingerprint density at radius 1 is 1.21 bits per heavy atom. The highest BCUT2D eigenvalue weighted by atomic mass is 32.1. The van der Waals surface area contributed by atoms with Gasteiger partial charge in [0.2, 0.25) is 5.91 Å². The minimum Gasteiger partial charge on any atom is -0.508 e. The van der Waals surface area contributed by atoms with E-state index in [1.165, 1.54) is 13.0 Å². The Kier molecular flexibility index (Phi) is 5.51. The molecular weight excluding hydrogens is 376 g/mol. The minimum atomic E-state index is -0.0906. The molecule has 0 saturated carbocycles. The van der Waals surface area contributed by atoms with Crippen molar-refractivity contribution in [2.75, 3.05) is 0 Å². The highest BCUT2D eigenvalue weighted by Gasteiger charge is 2.18. The second-order valence-electron chi connectivity index (χ2n) is 6.85. The minimum absolute atomic E-state index is 0.0410. The summed E-state index contributed by atoms with van der Waals surface area (Å²) in [5.74, 6) is 0.382. The second kappa shape index (κ2) is 7.85. The van der Waals surface area contributed by atoms with Crippen molar-refractivity contribution < 1.29 is 15.0 Å². The van der Waals surface area contributed by atoms with E-state index < -0.39 is 0 Å². The second-order valence-corrected chi connectivity index (χ2v) is 7.23. The molecule has 4 N–H and O–H groups in total. The third-order valence-electron chi connectivity index (χ3n) is 4.42. The third kappa shape index (κ3) is 3.91. The summed E-state index contributed by atoms with van der Waals surface area (Å²) in [6.45, 7) is 5.83. The largest absolute Gasteiger partial charge is 0.508 e. The maximum absolute atomic E-state index is 11.1. The van der Waals surface area contributed by atoms with Crippen LogP contribution in [0.5, 0.6) is 11.5 Å². The van der Waals surface area contributed by atoms with Gasteiger partial charge in [-0.25, -0.2) is 0 Å². The number of hydrogen-bond acceptors (Lipinski definition) is 5. The molecule has 0 fully saturated rings. The number of benzene rings is 2. The Bertz CT molecular complexity index is 1070. The lowest BCUT2D eigenvalue weighted by atomic mass is 9.98. The Hall–Kier alpha value is -3.13. The highest BCUT2D eigenvalue weighted by Crippen LogP contribution is 2.37. The van der Waals surface area contributed by atoms with Crippen LogP contribution in [0.25, 0.3) is 17.1 Å². The molecule has 3 aromatic rings. The monoisotopic (exact) mass is 398 g/mol. The molecule has 146 valence electrons. The molecule has 0 saturated heterocycles. The number of aromatic nitrogens is 3. The van der Waals surface area contributed by atoms with E-state index in [1.807, 2.05) is 38.1 Å². The molecule has 0 aliphatic heterocycles. The van der Waals surface area contributed by atoms with E-state index in [2.05, 4.69) is 15.5 Å². The molecule has 28 heavy (non-hydrogen) atoms. The van der Waals surface area contributed by atoms with Crippen LogP contribution in [-0.2, 0) is 11.3 Å². The zero-order chi connectivity index (χ0) is 20.4. The van der Waals surface area contributed by atoms with Gasteiger partial charge in [0.1, 0.15) is 11.5 Å². The molecule has 8 heteroatoms. The van der Waals surface area contributed by atoms with Crippen molar-refractivity contribution >= 4 is 18.1 Å². The Morgan fingerprint density at radius 3 is 2.50 bits per heavy atom. The predicted octanol–water partition coefficient (Wildman–Crippen LogP) is 3.77. The number of carbonyl (C=O) groups is 1. The quantitative estimate of drug-likeness (QED) is 0.490. The first-order valence-electron chi connectivity index (χ1n) is 8.85. The van der Waals surface area contributed by atoms with Gasteiger partial charge in [-0.3, -0.25) is 14.5 Å². The fraction of sp³-hybridized carbons (Fsp3) is 0.250. The van der Waals surface area contributed by atoms with Gasteiger partial charge in [0.15, 0.2) is 10.6 Å². The summed E-state index contributed by atoms with van der Waals surface area (Å²) < 4.78 is 2.09. The van der Waals surface area contributed by atoms with Crippen molar-refractivity contribution in [3.05, 3.63) is 52.3 Å². The van der Waals surface area contributed by atoms with Crippen LogP contribution in [0, 0.1) is 4.77 Å². The van der Waals surface area contributed by atoms with Gasteiger partial charge in [-0.1, -0.05) is 26.0 Å². The van der Waals surface area contributed by atoms with Crippen LogP contribution in [0.4, 0.5) is 0 Å². The van der Waals surface area contributed by atoms with Crippen molar-refractivity contribution in [2.45, 2.75) is 33.2 Å². The SMILES string of the molecule is CC(=O)NCc1ccc(-n2c(-c3cc(C(C)C)c(O)cc3O)n[nH]c2=S)cc1. The van der Waals surface area contributed by atoms with Gasteiger partial charge in [0.05, 0.1) is 5.56 Å². The number of nitrogens with one attached hydrogen (secondary N) is 2. The van der Waals surface area contributed by atoms with Crippen molar-refractivity contribution in [1.82, 2.24) is 20.1 Å². The summed E-state index contributed by atoms with van der Waals surface area (Å²) in [5, 5.41) is 30.3. The summed E-state index contributed by atoms with van der Waals surface area (Å²) in [7, 11) is 0. The van der Waals surface area contributed by atoms with E-state index in [0.717, 1.165) is 11.3 Å². The number of rotatable bonds is 5. The lowest BCUT2D eigenvalue weighted by Crippen LogP contribution is -2.18. The van der Waals surface area contributed by atoms with Crippen molar-refractivity contribution in [3.63, 3.8) is 0 Å². The van der Waals surface area contributed by atoms with Crippen LogP contribution in [0.15, 0.2) is 36.4 Å². The summed E-state index contributed by atoms with van der Waals surface area (Å²) >= 11 is 5.38. The van der Waals surface area contributed by atoms with E-state index in [0.29, 0.717) is 28.3 Å². The summed E-state index contributed by atoms with van der Waals surface area (Å²) in [6, 6.07) is 10.6. The van der Waals surface area contributed by atoms with Crippen LogP contribution < -0.4 is 5.32 Å². The summed E-state index contributed by atoms with van der Waals surface area (Å²) in [6.07, 6.45) is 0. The average molecular weight is 398 g/mol. The van der Waals surface area contributed by atoms with E-state index >= 15 is 0 Å². The van der Waals surface area contributed by atoms with Crippen LogP contribution in [0.3, 0.4) is 0 Å². The maximum Gasteiger partial charge on any atom is 0.217 e. The van der Waals surface area contributed by atoms with E-state index in [-0.39, 0.29) is 23.3 Å². The molecule has 0 spiro atoms. The van der Waals surface area contributed by atoms with Gasteiger partial charge in [-0.2, -0.15) is 5.10 Å². The van der Waals surface area contributed by atoms with Crippen LogP contribution in [-0.4, -0.2) is 30.9 Å². The molecule has 1 aromatic heterocycles. The standard InChI is InChI=1S/C20H22N4O3S/c1-11(2)15-8-16(18(27)9-17(15)26)19-22-23-20(28)24(19)14-6-4-13(5-7-14)10-21-12(3)25/h4-9,11,26-27H,10H2,1-3H3,(H,21,25)(H,23,28). The van der Waals surface area contributed by atoms with Gasteiger partial charge >= 0.3 is 0 Å². The lowest BCUT2D eigenvalue weighted by Gasteiger charge is -2.13. The topological polar surface area (TPSA) is 103 Å². The fourth-order valence-corrected chi connectivity index (χ4v) is 3.18. The van der Waals surface area contributed by atoms with Crippen LogP contribution in [0.2, 0.25) is 0 Å². The highest BCUT2D eigenvalue weighted by molar-refractivity contribution is 7.71. The number of carbonyl (C=O) groups excluding carboxylic acids is 1. The molecule has 1 amide bonds. The molecule has 3 rings (SSSR count). The van der Waals surface area contributed by atoms with E-state index in [1.54, 1.807) is 10.6 Å². The van der Waals surface area contributed by atoms with Crippen molar-refractivity contribution in [3.8, 4) is 28.6 Å². The molecule has 0 radical (unpaired) electrons. The van der Waals surface area contributed by atoms with Crippen LogP contribution in [0.1, 0.15) is 37.8 Å². The number of aromatic hydroxyl groups is 2. The zero-order valence-corrected chi connectivity index (χ0v) is 16.7.